The van der Waals surface area contributed by atoms with Crippen LogP contribution < -0.4 is 4.65 Å². The van der Waals surface area contributed by atoms with Crippen LogP contribution in [0.4, 0.5) is 0 Å². The summed E-state index contributed by atoms with van der Waals surface area (Å²) in [5, 5.41) is 20.0. The van der Waals surface area contributed by atoms with Crippen LogP contribution in [0.2, 0.25) is 0 Å². The van der Waals surface area contributed by atoms with Gasteiger partial charge in [0.15, 0.2) is 0 Å². The Bertz CT molecular complexity index is 991. The summed E-state index contributed by atoms with van der Waals surface area (Å²) in [5.74, 6) is 0.398. The minimum Gasteiger partial charge on any atom is -0.512 e. The second kappa shape index (κ2) is 5.46. The van der Waals surface area contributed by atoms with Crippen molar-refractivity contribution in [3.8, 4) is 16.9 Å². The summed E-state index contributed by atoms with van der Waals surface area (Å²) in [6, 6.07) is 21.1. The van der Waals surface area contributed by atoms with Crippen molar-refractivity contribution in [2.24, 2.45) is 0 Å². The van der Waals surface area contributed by atoms with Gasteiger partial charge < -0.3 is 19.1 Å². The van der Waals surface area contributed by atoms with Crippen LogP contribution in [0.3, 0.4) is 0 Å². The van der Waals surface area contributed by atoms with E-state index in [1.165, 1.54) is 0 Å². The molecule has 2 N–H and O–H groups in total. The first kappa shape index (κ1) is 13.9. The zero-order chi connectivity index (χ0) is 15.8. The van der Waals surface area contributed by atoms with Gasteiger partial charge in [0.05, 0.1) is 0 Å². The smallest absolute Gasteiger partial charge is 0.512 e. The molecule has 0 amide bonds. The highest BCUT2D eigenvalue weighted by Crippen LogP contribution is 2.33. The molecule has 5 heteroatoms. The maximum atomic E-state index is 8.92. The molecule has 0 unspecified atom stereocenters. The molecule has 0 saturated carbocycles. The Morgan fingerprint density at radius 2 is 1.52 bits per heavy atom. The largest absolute Gasteiger partial charge is 0.707 e. The van der Waals surface area contributed by atoms with Crippen LogP contribution in [-0.4, -0.2) is 17.4 Å². The standard InChI is InChI=1S/C18H13BO4/c20-19(21)23-14-5-3-4-12(10-14)13-8-9-18-16(11-13)15-6-1-2-7-17(15)22-18/h1-11,20-21H. The van der Waals surface area contributed by atoms with Gasteiger partial charge in [-0.15, -0.1) is 0 Å². The Hall–Kier alpha value is -2.76. The number of hydrogen-bond donors (Lipinski definition) is 2. The van der Waals surface area contributed by atoms with Crippen molar-refractivity contribution < 1.29 is 19.1 Å². The number of benzene rings is 3. The van der Waals surface area contributed by atoms with E-state index < -0.39 is 7.32 Å². The average molecular weight is 304 g/mol. The van der Waals surface area contributed by atoms with E-state index in [-0.39, 0.29) is 0 Å². The lowest BCUT2D eigenvalue weighted by Gasteiger charge is -2.07. The third-order valence-electron chi connectivity index (χ3n) is 3.79. The molecule has 4 aromatic rings. The predicted molar refractivity (Wildman–Crippen MR) is 90.0 cm³/mol. The number of hydrogen-bond acceptors (Lipinski definition) is 4. The van der Waals surface area contributed by atoms with Gasteiger partial charge in [-0.25, -0.2) is 0 Å². The molecule has 0 fully saturated rings. The lowest BCUT2D eigenvalue weighted by atomic mass is 10.0. The molecule has 0 aliphatic rings. The summed E-state index contributed by atoms with van der Waals surface area (Å²) in [5.41, 5.74) is 3.63. The maximum absolute atomic E-state index is 8.92. The van der Waals surface area contributed by atoms with Crippen LogP contribution in [0, 0.1) is 0 Å². The summed E-state index contributed by atoms with van der Waals surface area (Å²) < 4.78 is 10.7. The molecule has 112 valence electrons. The fraction of sp³-hybridized carbons (Fsp3) is 0. The molecule has 0 saturated heterocycles. The average Bonchev–Trinajstić information content (AvgIpc) is 2.92. The molecule has 0 aliphatic heterocycles. The molecule has 1 heterocycles. The van der Waals surface area contributed by atoms with Gasteiger partial charge in [0, 0.05) is 10.8 Å². The van der Waals surface area contributed by atoms with Crippen LogP contribution in [0.5, 0.6) is 5.75 Å². The lowest BCUT2D eigenvalue weighted by molar-refractivity contribution is 0.288. The van der Waals surface area contributed by atoms with Crippen LogP contribution in [0.1, 0.15) is 0 Å². The Balaban J connectivity index is 1.84. The van der Waals surface area contributed by atoms with Crippen molar-refractivity contribution in [1.82, 2.24) is 0 Å². The molecule has 0 aliphatic carbocycles. The minimum absolute atomic E-state index is 0.398. The van der Waals surface area contributed by atoms with E-state index in [4.69, 9.17) is 19.1 Å². The van der Waals surface area contributed by atoms with Crippen LogP contribution in [0.25, 0.3) is 33.1 Å². The third kappa shape index (κ3) is 2.56. The van der Waals surface area contributed by atoms with E-state index in [1.807, 2.05) is 48.5 Å². The molecule has 4 nitrogen and oxygen atoms in total. The molecule has 3 aromatic carbocycles. The zero-order valence-corrected chi connectivity index (χ0v) is 12.1. The van der Waals surface area contributed by atoms with Gasteiger partial charge in [0.2, 0.25) is 0 Å². The van der Waals surface area contributed by atoms with E-state index in [0.717, 1.165) is 33.1 Å². The second-order valence-electron chi connectivity index (χ2n) is 5.28. The highest BCUT2D eigenvalue weighted by atomic mass is 16.6. The van der Waals surface area contributed by atoms with E-state index in [0.29, 0.717) is 5.75 Å². The van der Waals surface area contributed by atoms with Crippen molar-refractivity contribution in [3.05, 3.63) is 66.7 Å². The lowest BCUT2D eigenvalue weighted by Crippen LogP contribution is -2.20. The van der Waals surface area contributed by atoms with Crippen molar-refractivity contribution in [3.63, 3.8) is 0 Å². The van der Waals surface area contributed by atoms with E-state index in [1.54, 1.807) is 12.1 Å². The van der Waals surface area contributed by atoms with Crippen molar-refractivity contribution in [2.45, 2.75) is 0 Å². The maximum Gasteiger partial charge on any atom is 0.707 e. The molecular formula is C18H13BO4. The summed E-state index contributed by atoms with van der Waals surface area (Å²) in [6.45, 7) is 0. The first-order valence-corrected chi connectivity index (χ1v) is 7.25. The quantitative estimate of drug-likeness (QED) is 0.568. The second-order valence-corrected chi connectivity index (χ2v) is 5.28. The number of rotatable bonds is 3. The molecule has 4 rings (SSSR count). The van der Waals surface area contributed by atoms with Crippen LogP contribution in [0.15, 0.2) is 71.1 Å². The van der Waals surface area contributed by atoms with Crippen molar-refractivity contribution >= 4 is 29.3 Å². The van der Waals surface area contributed by atoms with Gasteiger partial charge in [-0.05, 0) is 41.5 Å². The van der Waals surface area contributed by atoms with Gasteiger partial charge in [-0.3, -0.25) is 0 Å². The summed E-state index contributed by atoms with van der Waals surface area (Å²) >= 11 is 0. The Kier molecular flexibility index (Phi) is 3.30. The number of furan rings is 1. The number of para-hydroxylation sites is 1. The van der Waals surface area contributed by atoms with Gasteiger partial charge in [-0.2, -0.15) is 0 Å². The monoisotopic (exact) mass is 304 g/mol. The van der Waals surface area contributed by atoms with Crippen LogP contribution >= 0.6 is 0 Å². The highest BCUT2D eigenvalue weighted by molar-refractivity contribution is 6.33. The fourth-order valence-electron chi connectivity index (χ4n) is 2.78. The Labute approximate surface area is 132 Å². The zero-order valence-electron chi connectivity index (χ0n) is 12.1. The molecule has 0 bridgehead atoms. The number of fused-ring (bicyclic) bond motifs is 3. The summed E-state index contributed by atoms with van der Waals surface area (Å²) in [6.07, 6.45) is 0. The van der Waals surface area contributed by atoms with Gasteiger partial charge in [0.1, 0.15) is 16.9 Å². The van der Waals surface area contributed by atoms with Crippen molar-refractivity contribution in [2.75, 3.05) is 0 Å². The summed E-state index contributed by atoms with van der Waals surface area (Å²) in [4.78, 5) is 0. The first-order valence-electron chi connectivity index (χ1n) is 7.25. The minimum atomic E-state index is -1.83. The Morgan fingerprint density at radius 1 is 0.739 bits per heavy atom. The van der Waals surface area contributed by atoms with Crippen LogP contribution in [-0.2, 0) is 0 Å². The molecule has 1 aromatic heterocycles. The Morgan fingerprint density at radius 3 is 2.39 bits per heavy atom. The van der Waals surface area contributed by atoms with Crippen molar-refractivity contribution in [1.29, 1.82) is 0 Å². The summed E-state index contributed by atoms with van der Waals surface area (Å²) in [7, 11) is -1.83. The van der Waals surface area contributed by atoms with Gasteiger partial charge in [-0.1, -0.05) is 36.4 Å². The molecule has 0 spiro atoms. The van der Waals surface area contributed by atoms with E-state index in [2.05, 4.69) is 6.07 Å². The molecule has 23 heavy (non-hydrogen) atoms. The molecular weight excluding hydrogens is 291 g/mol. The first-order chi connectivity index (χ1) is 11.2. The van der Waals surface area contributed by atoms with Gasteiger partial charge in [0.25, 0.3) is 0 Å². The topological polar surface area (TPSA) is 62.8 Å². The molecule has 0 radical (unpaired) electrons. The SMILES string of the molecule is OB(O)Oc1cccc(-c2ccc3oc4ccccc4c3c2)c1. The van der Waals surface area contributed by atoms with E-state index in [9.17, 15) is 0 Å². The normalized spacial score (nSPS) is 11.0. The van der Waals surface area contributed by atoms with E-state index >= 15 is 0 Å². The third-order valence-corrected chi connectivity index (χ3v) is 3.79. The predicted octanol–water partition coefficient (Wildman–Crippen LogP) is 3.60. The van der Waals surface area contributed by atoms with Gasteiger partial charge >= 0.3 is 7.32 Å². The highest BCUT2D eigenvalue weighted by Gasteiger charge is 2.12. The molecule has 0 atom stereocenters. The fourth-order valence-corrected chi connectivity index (χ4v) is 2.78.